The van der Waals surface area contributed by atoms with Crippen LogP contribution in [0.2, 0.25) is 0 Å². The highest BCUT2D eigenvalue weighted by atomic mass is 16.5. The lowest BCUT2D eigenvalue weighted by molar-refractivity contribution is -0.146. The molecular formula is C9H18N2O3. The molecule has 0 radical (unpaired) electrons. The van der Waals surface area contributed by atoms with Crippen LogP contribution in [0, 0.1) is 0 Å². The molecule has 1 unspecified atom stereocenters. The van der Waals surface area contributed by atoms with Gasteiger partial charge in [0.15, 0.2) is 0 Å². The Labute approximate surface area is 84.4 Å². The van der Waals surface area contributed by atoms with E-state index in [-0.39, 0.29) is 24.5 Å². The highest BCUT2D eigenvalue weighted by Crippen LogP contribution is 2.00. The SMILES string of the molecule is CCN(CC(=O)NC)C(C)C(=O)OC. The molecule has 0 aliphatic carbocycles. The van der Waals surface area contributed by atoms with Gasteiger partial charge in [0.05, 0.1) is 13.7 Å². The summed E-state index contributed by atoms with van der Waals surface area (Å²) in [5, 5.41) is 2.51. The fraction of sp³-hybridized carbons (Fsp3) is 0.778. The van der Waals surface area contributed by atoms with Crippen molar-refractivity contribution in [3.05, 3.63) is 0 Å². The molecule has 0 aromatic carbocycles. The van der Waals surface area contributed by atoms with E-state index in [0.29, 0.717) is 6.54 Å². The van der Waals surface area contributed by atoms with Crippen molar-refractivity contribution in [3.63, 3.8) is 0 Å². The molecule has 0 spiro atoms. The van der Waals surface area contributed by atoms with Gasteiger partial charge in [0, 0.05) is 7.05 Å². The van der Waals surface area contributed by atoms with E-state index in [1.807, 2.05) is 6.92 Å². The first-order valence-electron chi connectivity index (χ1n) is 4.59. The summed E-state index contributed by atoms with van der Waals surface area (Å²) < 4.78 is 4.60. The van der Waals surface area contributed by atoms with Crippen molar-refractivity contribution in [1.82, 2.24) is 10.2 Å². The molecule has 0 heterocycles. The predicted octanol–water partition coefficient (Wildman–Crippen LogP) is -0.384. The van der Waals surface area contributed by atoms with E-state index < -0.39 is 0 Å². The number of nitrogens with one attached hydrogen (secondary N) is 1. The first-order chi connectivity index (χ1) is 6.56. The second-order valence-corrected chi connectivity index (χ2v) is 2.94. The van der Waals surface area contributed by atoms with Crippen LogP contribution in [0.4, 0.5) is 0 Å². The molecule has 0 fully saturated rings. The zero-order chi connectivity index (χ0) is 11.1. The number of carbonyl (C=O) groups is 2. The highest BCUT2D eigenvalue weighted by Gasteiger charge is 2.21. The van der Waals surface area contributed by atoms with Crippen LogP contribution in [-0.2, 0) is 14.3 Å². The number of rotatable bonds is 5. The predicted molar refractivity (Wildman–Crippen MR) is 52.8 cm³/mol. The topological polar surface area (TPSA) is 58.6 Å². The van der Waals surface area contributed by atoms with Gasteiger partial charge in [-0.05, 0) is 13.5 Å². The van der Waals surface area contributed by atoms with E-state index in [4.69, 9.17) is 0 Å². The Balaban J connectivity index is 4.25. The number of methoxy groups -OCH3 is 1. The Hall–Kier alpha value is -1.10. The number of ether oxygens (including phenoxy) is 1. The summed E-state index contributed by atoms with van der Waals surface area (Å²) in [6, 6.07) is -0.387. The molecule has 5 heteroatoms. The maximum absolute atomic E-state index is 11.2. The first-order valence-corrected chi connectivity index (χ1v) is 4.59. The number of carbonyl (C=O) groups excluding carboxylic acids is 2. The average molecular weight is 202 g/mol. The van der Waals surface area contributed by atoms with Gasteiger partial charge in [-0.3, -0.25) is 14.5 Å². The summed E-state index contributed by atoms with van der Waals surface area (Å²) in [7, 11) is 2.91. The van der Waals surface area contributed by atoms with Gasteiger partial charge >= 0.3 is 5.97 Å². The summed E-state index contributed by atoms with van der Waals surface area (Å²) in [6.07, 6.45) is 0. The fourth-order valence-corrected chi connectivity index (χ4v) is 1.11. The van der Waals surface area contributed by atoms with Crippen molar-refractivity contribution in [2.24, 2.45) is 0 Å². The Morgan fingerprint density at radius 3 is 2.43 bits per heavy atom. The largest absolute Gasteiger partial charge is 0.468 e. The molecule has 0 bridgehead atoms. The molecule has 1 amide bonds. The third-order valence-corrected chi connectivity index (χ3v) is 2.12. The van der Waals surface area contributed by atoms with E-state index >= 15 is 0 Å². The van der Waals surface area contributed by atoms with E-state index in [2.05, 4.69) is 10.1 Å². The van der Waals surface area contributed by atoms with Crippen LogP contribution < -0.4 is 5.32 Å². The Kier molecular flexibility index (Phi) is 5.87. The maximum atomic E-state index is 11.2. The number of esters is 1. The van der Waals surface area contributed by atoms with Crippen molar-refractivity contribution in [2.45, 2.75) is 19.9 Å². The summed E-state index contributed by atoms with van der Waals surface area (Å²) in [6.45, 7) is 4.45. The summed E-state index contributed by atoms with van der Waals surface area (Å²) in [5.74, 6) is -0.432. The van der Waals surface area contributed by atoms with Gasteiger partial charge < -0.3 is 10.1 Å². The summed E-state index contributed by atoms with van der Waals surface area (Å²) in [5.41, 5.74) is 0. The van der Waals surface area contributed by atoms with Crippen LogP contribution in [0.3, 0.4) is 0 Å². The fourth-order valence-electron chi connectivity index (χ4n) is 1.11. The van der Waals surface area contributed by atoms with Gasteiger partial charge in [-0.25, -0.2) is 0 Å². The van der Waals surface area contributed by atoms with Gasteiger partial charge in [-0.1, -0.05) is 6.92 Å². The van der Waals surface area contributed by atoms with Gasteiger partial charge in [-0.15, -0.1) is 0 Å². The monoisotopic (exact) mass is 202 g/mol. The Morgan fingerprint density at radius 2 is 2.07 bits per heavy atom. The number of hydrogen-bond acceptors (Lipinski definition) is 4. The van der Waals surface area contributed by atoms with Gasteiger partial charge in [-0.2, -0.15) is 0 Å². The van der Waals surface area contributed by atoms with Crippen molar-refractivity contribution in [2.75, 3.05) is 27.2 Å². The van der Waals surface area contributed by atoms with Crippen LogP contribution in [0.15, 0.2) is 0 Å². The maximum Gasteiger partial charge on any atom is 0.322 e. The third kappa shape index (κ3) is 3.74. The molecule has 0 rings (SSSR count). The van der Waals surface area contributed by atoms with Crippen LogP contribution >= 0.6 is 0 Å². The first kappa shape index (κ1) is 12.9. The summed E-state index contributed by atoms with van der Waals surface area (Å²) in [4.78, 5) is 24.0. The molecule has 0 aromatic heterocycles. The number of nitrogens with zero attached hydrogens (tertiary/aromatic N) is 1. The number of amides is 1. The minimum absolute atomic E-state index is 0.109. The Morgan fingerprint density at radius 1 is 1.50 bits per heavy atom. The minimum atomic E-state index is -0.387. The molecule has 1 atom stereocenters. The highest BCUT2D eigenvalue weighted by molar-refractivity contribution is 5.80. The number of hydrogen-bond donors (Lipinski definition) is 1. The quantitative estimate of drug-likeness (QED) is 0.617. The molecular weight excluding hydrogens is 184 g/mol. The summed E-state index contributed by atoms with van der Waals surface area (Å²) >= 11 is 0. The standard InChI is InChI=1S/C9H18N2O3/c1-5-11(6-8(12)10-3)7(2)9(13)14-4/h7H,5-6H2,1-4H3,(H,10,12). The second-order valence-electron chi connectivity index (χ2n) is 2.94. The normalized spacial score (nSPS) is 12.4. The van der Waals surface area contributed by atoms with Crippen molar-refractivity contribution >= 4 is 11.9 Å². The van der Waals surface area contributed by atoms with Gasteiger partial charge in [0.1, 0.15) is 6.04 Å². The van der Waals surface area contributed by atoms with Crippen molar-refractivity contribution in [3.8, 4) is 0 Å². The third-order valence-electron chi connectivity index (χ3n) is 2.12. The van der Waals surface area contributed by atoms with Crippen LogP contribution in [0.25, 0.3) is 0 Å². The van der Waals surface area contributed by atoms with E-state index in [0.717, 1.165) is 0 Å². The van der Waals surface area contributed by atoms with E-state index in [1.165, 1.54) is 7.11 Å². The molecule has 0 aliphatic heterocycles. The van der Waals surface area contributed by atoms with Crippen LogP contribution in [0.1, 0.15) is 13.8 Å². The van der Waals surface area contributed by atoms with Crippen molar-refractivity contribution < 1.29 is 14.3 Å². The molecule has 1 N–H and O–H groups in total. The molecule has 5 nitrogen and oxygen atoms in total. The second kappa shape index (κ2) is 6.37. The van der Waals surface area contributed by atoms with Crippen LogP contribution in [0.5, 0.6) is 0 Å². The van der Waals surface area contributed by atoms with Crippen molar-refractivity contribution in [1.29, 1.82) is 0 Å². The molecule has 14 heavy (non-hydrogen) atoms. The molecule has 0 saturated heterocycles. The lowest BCUT2D eigenvalue weighted by atomic mass is 10.3. The molecule has 0 saturated carbocycles. The van der Waals surface area contributed by atoms with Crippen LogP contribution in [-0.4, -0.2) is 50.1 Å². The average Bonchev–Trinajstić information content (AvgIpc) is 2.23. The lowest BCUT2D eigenvalue weighted by Crippen LogP contribution is -2.44. The van der Waals surface area contributed by atoms with Gasteiger partial charge in [0.2, 0.25) is 5.91 Å². The lowest BCUT2D eigenvalue weighted by Gasteiger charge is -2.24. The Bertz CT molecular complexity index is 206. The zero-order valence-electron chi connectivity index (χ0n) is 9.16. The smallest absolute Gasteiger partial charge is 0.322 e. The molecule has 0 aromatic rings. The van der Waals surface area contributed by atoms with E-state index in [9.17, 15) is 9.59 Å². The zero-order valence-corrected chi connectivity index (χ0v) is 9.16. The minimum Gasteiger partial charge on any atom is -0.468 e. The molecule has 82 valence electrons. The number of likely N-dealkylation sites (N-methyl/N-ethyl adjacent to an activating group) is 2. The van der Waals surface area contributed by atoms with E-state index in [1.54, 1.807) is 18.9 Å². The molecule has 0 aliphatic rings. The van der Waals surface area contributed by atoms with Gasteiger partial charge in [0.25, 0.3) is 0 Å².